The van der Waals surface area contributed by atoms with Gasteiger partial charge >= 0.3 is 17.1 Å². The van der Waals surface area contributed by atoms with E-state index in [0.717, 1.165) is 70.4 Å². The molecule has 5 fully saturated rings. The normalized spacial score (nSPS) is 27.4. The molecule has 4 aromatic heterocycles. The standard InChI is InChI=1S/C17H30N3O5P.C17H30N3O4PS.2C17H25N2O6P.C16H25N2O4P/c1-5-7-18-9-11-10-20(17(24)19-15(11)23)16-14(22)13(21)12(25-16)6-8-26(2,3)4;1-5-7-18-9-11-10-20(17(26)19-15(11)23)16-14(22)13(21)12(24-16)6-8-25(2,3)4;2*1-10(20)5-6-11-9-19(17(24)18-15(11)23)16-14(22)13(21)12(25-16)7-8-26(2,3)4;1-6-11-9-18(10(2)17-15(11)21)16-14(20)13(19)12(22-16)7-8-23(3,4)5/h10,12-14,16,18,21-22H,2,5-9H2,1,3-4H3,(H,19,23,24);10,12-14,16,18,21-22H,2,5-9H2,1,3-4H3,(H,19,23,26);2*5-6,9,12-14,16,21-22H,2,7-8H2,1,3-4H3,(H,18,23,24);6,9,12-14,16,19-20H,1-3,7-8H2,4-5H3,(H,17,21)/b;;2*6-5+;/t5*12-,13-,14-,16-/m11111/s1. The van der Waals surface area contributed by atoms with Gasteiger partial charge in [-0.1, -0.05) is 33.1 Å². The highest BCUT2D eigenvalue weighted by atomic mass is 32.1. The number of allylic oxidation sites excluding steroid dienone is 2. The SMILES string of the molecule is C=CC1=CN([C@@H]2O[C@H](CCP(=C)(C)C)[C@@H](O)[C@H]2O)C(=C)NC1=O.C=P(C)(C)CC[C@H]1O[C@@H](n2cc(/C=C/C(C)=O)c(=O)[nH]c2=O)[C@H](O)[C@@H]1O.C=P(C)(C)CC[C@H]1O[C@@H](n2cc(/C=C/C(C)=O)c(=O)[nH]c2=O)[C@H](O)[C@@H]1O.C=P(C)(C)CC[C@H]1O[C@@H](n2cc(CNCCC)c(=O)[nH]c2=O)[C@H](O)[C@@H]1O.C=P(C)(C)CC[C@H]1O[C@@H](n2cc(CNCCC)c(=O)[nH]c2=S)[C@H](O)[C@@H]1O. The summed E-state index contributed by atoms with van der Waals surface area (Å²) < 4.78 is 33.9. The van der Waals surface area contributed by atoms with Gasteiger partial charge in [0, 0.05) is 55.2 Å². The fraction of sp³-hybridized carbons (Fsp3) is 0.595. The van der Waals surface area contributed by atoms with E-state index in [4.69, 9.17) is 35.9 Å². The lowest BCUT2D eigenvalue weighted by atomic mass is 10.1. The molecule has 0 saturated carbocycles. The number of ether oxygens (including phenoxy) is 5. The predicted octanol–water partition coefficient (Wildman–Crippen LogP) is 1.10. The summed E-state index contributed by atoms with van der Waals surface area (Å²) in [5.74, 6) is -0.528. The zero-order chi connectivity index (χ0) is 95.6. The van der Waals surface area contributed by atoms with Crippen molar-refractivity contribution in [3.8, 4) is 0 Å². The Morgan fingerprint density at radius 2 is 0.709 bits per heavy atom. The van der Waals surface area contributed by atoms with Crippen molar-refractivity contribution in [3.63, 3.8) is 0 Å². The Morgan fingerprint density at radius 3 is 1.01 bits per heavy atom. The summed E-state index contributed by atoms with van der Waals surface area (Å²) in [7, 11) is 0. The van der Waals surface area contributed by atoms with E-state index >= 15 is 0 Å². The third-order valence-corrected chi connectivity index (χ3v) is 28.7. The molecule has 6 aliphatic rings. The largest absolute Gasteiger partial charge is 0.388 e. The van der Waals surface area contributed by atoms with Crippen LogP contribution in [0.4, 0.5) is 0 Å². The van der Waals surface area contributed by atoms with Gasteiger partial charge in [-0.25, -0.2) is 14.4 Å². The van der Waals surface area contributed by atoms with Crippen molar-refractivity contribution in [2.45, 2.75) is 208 Å². The molecule has 43 heteroatoms. The van der Waals surface area contributed by atoms with E-state index in [0.29, 0.717) is 67.7 Å². The van der Waals surface area contributed by atoms with E-state index in [1.807, 2.05) is 13.8 Å². The van der Waals surface area contributed by atoms with E-state index in [1.54, 1.807) is 6.20 Å². The Kier molecular flexibility index (Phi) is 40.8. The molecule has 10 rings (SSSR count). The van der Waals surface area contributed by atoms with Gasteiger partial charge in [0.05, 0.1) is 47.2 Å². The predicted molar refractivity (Wildman–Crippen MR) is 512 cm³/mol. The number of H-pyrrole nitrogens is 4. The summed E-state index contributed by atoms with van der Waals surface area (Å²) >= 11 is 5.24. The molecule has 0 unspecified atom stereocenters. The molecular weight excluding hydrogens is 1760 g/mol. The molecule has 0 radical (unpaired) electrons. The first-order valence-electron chi connectivity index (χ1n) is 41.7. The minimum atomic E-state index is -1.33. The van der Waals surface area contributed by atoms with Crippen LogP contribution in [-0.2, 0) is 51.2 Å². The summed E-state index contributed by atoms with van der Waals surface area (Å²) in [6, 6.07) is 0. The lowest BCUT2D eigenvalue weighted by Crippen LogP contribution is -2.47. The summed E-state index contributed by atoms with van der Waals surface area (Å²) in [5.41, 5.74) is -2.89. The van der Waals surface area contributed by atoms with Gasteiger partial charge in [-0.2, -0.15) is 0 Å². The molecule has 17 N–H and O–H groups in total. The first-order valence-corrected chi connectivity index (χ1v) is 57.3. The molecule has 20 atom stereocenters. The number of aliphatic hydroxyl groups excluding tert-OH is 10. The Hall–Kier alpha value is -6.73. The molecule has 5 saturated heterocycles. The number of ketones is 2. The van der Waals surface area contributed by atoms with Crippen molar-refractivity contribution >= 4 is 108 Å². The second-order valence-corrected chi connectivity index (χ2v) is 57.9. The zero-order valence-corrected chi connectivity index (χ0v) is 80.3. The molecular formula is C84H135N12O25P5S. The number of carbonyl (C=O) groups excluding carboxylic acids is 3. The molecule has 712 valence electrons. The van der Waals surface area contributed by atoms with Crippen LogP contribution in [0.5, 0.6) is 0 Å². The van der Waals surface area contributed by atoms with E-state index in [-0.39, 0.29) is 38.9 Å². The fourth-order valence-corrected chi connectivity index (χ4v) is 18.8. The van der Waals surface area contributed by atoms with E-state index in [2.05, 4.69) is 147 Å². The quantitative estimate of drug-likeness (QED) is 0.0137. The number of aromatic nitrogens is 8. The van der Waals surface area contributed by atoms with Crippen LogP contribution >= 0.6 is 46.6 Å². The maximum atomic E-state index is 12.2. The van der Waals surface area contributed by atoms with Gasteiger partial charge in [0.25, 0.3) is 28.1 Å². The third-order valence-electron chi connectivity index (χ3n) is 21.0. The molecule has 0 bridgehead atoms. The Balaban J connectivity index is 0.000000245. The highest BCUT2D eigenvalue weighted by Crippen LogP contribution is 2.44. The number of nitrogens with one attached hydrogen (secondary N) is 7. The van der Waals surface area contributed by atoms with Gasteiger partial charge in [0.1, 0.15) is 66.9 Å². The van der Waals surface area contributed by atoms with Crippen LogP contribution < -0.4 is 55.3 Å². The first kappa shape index (κ1) is 109. The number of rotatable bonds is 33. The van der Waals surface area contributed by atoms with Crippen molar-refractivity contribution in [2.75, 3.05) is 111 Å². The van der Waals surface area contributed by atoms with Crippen LogP contribution in [0.15, 0.2) is 107 Å². The van der Waals surface area contributed by atoms with Crippen molar-refractivity contribution in [1.29, 1.82) is 0 Å². The Morgan fingerprint density at radius 1 is 0.433 bits per heavy atom. The third kappa shape index (κ3) is 32.3. The van der Waals surface area contributed by atoms with Gasteiger partial charge in [-0.3, -0.25) is 71.8 Å². The zero-order valence-electron chi connectivity index (χ0n) is 75.1. The van der Waals surface area contributed by atoms with E-state index < -0.39 is 191 Å². The lowest BCUT2D eigenvalue weighted by Gasteiger charge is -2.34. The van der Waals surface area contributed by atoms with Gasteiger partial charge in [0.2, 0.25) is 0 Å². The molecule has 1 amide bonds. The van der Waals surface area contributed by atoms with Crippen LogP contribution in [0.3, 0.4) is 0 Å². The van der Waals surface area contributed by atoms with Crippen LogP contribution in [0.25, 0.3) is 12.2 Å². The van der Waals surface area contributed by atoms with Gasteiger partial charge < -0.3 is 95.6 Å². The van der Waals surface area contributed by atoms with E-state index in [1.165, 1.54) is 78.5 Å². The molecule has 6 aliphatic heterocycles. The second kappa shape index (κ2) is 47.6. The maximum absolute atomic E-state index is 12.2. The minimum absolute atomic E-state index is 0.0679. The van der Waals surface area contributed by atoms with Crippen LogP contribution in [-0.4, -0.2) is 351 Å². The second-order valence-electron chi connectivity index (χ2n) is 36.0. The van der Waals surface area contributed by atoms with E-state index in [9.17, 15) is 99.0 Å². The van der Waals surface area contributed by atoms with Crippen LogP contribution in [0, 0.1) is 4.77 Å². The molecule has 0 aromatic carbocycles. The summed E-state index contributed by atoms with van der Waals surface area (Å²) in [6.07, 6.45) is 23.5. The molecule has 0 spiro atoms. The smallest absolute Gasteiger partial charge is 0.330 e. The lowest BCUT2D eigenvalue weighted by molar-refractivity contribution is -0.119. The topological polar surface area (TPSA) is 541 Å². The average Bonchev–Trinajstić information content (AvgIpc) is 1.68. The van der Waals surface area contributed by atoms with Crippen molar-refractivity contribution < 1.29 is 89.1 Å². The molecule has 10 heterocycles. The number of carbonyl (C=O) groups is 3. The number of aliphatic hydroxyl groups is 10. The fourth-order valence-electron chi connectivity index (χ4n) is 13.8. The van der Waals surface area contributed by atoms with Crippen molar-refractivity contribution in [3.05, 3.63) is 174 Å². The van der Waals surface area contributed by atoms with Gasteiger partial charge in [-0.15, -0.1) is 65.9 Å². The number of hydrogen-bond donors (Lipinski definition) is 17. The number of amides is 1. The summed E-state index contributed by atoms with van der Waals surface area (Å²) in [5, 5.41) is 112. The number of aromatic amines is 4. The Labute approximate surface area is 744 Å². The monoisotopic (exact) mass is 1900 g/mol. The summed E-state index contributed by atoms with van der Waals surface area (Å²) in [4.78, 5) is 129. The maximum Gasteiger partial charge on any atom is 0.330 e. The van der Waals surface area contributed by atoms with Gasteiger partial charge in [0.15, 0.2) is 47.5 Å². The average molecular weight is 1900 g/mol. The minimum Gasteiger partial charge on any atom is -0.388 e. The van der Waals surface area contributed by atoms with Crippen molar-refractivity contribution in [1.82, 2.24) is 59.1 Å². The number of nitrogens with zero attached hydrogens (tertiary/aromatic N) is 5. The highest BCUT2D eigenvalue weighted by molar-refractivity contribution is 7.73. The van der Waals surface area contributed by atoms with Crippen LogP contribution in [0.2, 0.25) is 0 Å². The Bertz CT molecular complexity index is 5100. The molecule has 0 aliphatic carbocycles. The van der Waals surface area contributed by atoms with Crippen LogP contribution in [0.1, 0.15) is 120 Å². The molecule has 37 nitrogen and oxygen atoms in total. The molecule has 4 aromatic rings. The van der Waals surface area contributed by atoms with Crippen molar-refractivity contribution in [2.24, 2.45) is 0 Å². The highest BCUT2D eigenvalue weighted by Gasteiger charge is 2.50. The first-order chi connectivity index (χ1) is 58.9. The summed E-state index contributed by atoms with van der Waals surface area (Å²) in [6.45, 7) is 30.7. The number of hydrogen-bond acceptors (Lipinski definition) is 29. The van der Waals surface area contributed by atoms with Gasteiger partial charge in [-0.05, 0) is 206 Å². The molecule has 127 heavy (non-hydrogen) atoms.